The molecule has 0 saturated heterocycles. The molecule has 0 aliphatic heterocycles. The minimum absolute atomic E-state index is 0.0579. The molecule has 58 valence electrons. The number of benzene rings is 1. The Bertz CT molecular complexity index is 300. The van der Waals surface area contributed by atoms with Crippen molar-refractivity contribution in [2.75, 3.05) is 0 Å². The molecule has 11 heavy (non-hydrogen) atoms. The molecule has 1 atom stereocenters. The Kier molecular flexibility index (Phi) is 2.48. The zero-order valence-electron chi connectivity index (χ0n) is 5.58. The summed E-state index contributed by atoms with van der Waals surface area (Å²) in [6, 6.07) is 5.72. The van der Waals surface area contributed by atoms with Crippen molar-refractivity contribution in [2.45, 2.75) is 4.90 Å². The third kappa shape index (κ3) is 1.71. The van der Waals surface area contributed by atoms with Gasteiger partial charge in [0.1, 0.15) is 5.82 Å². The fourth-order valence-electron chi connectivity index (χ4n) is 0.671. The largest absolute Gasteiger partial charge is 0.299 e. The lowest BCUT2D eigenvalue weighted by molar-refractivity contribution is 0.597. The first-order valence-electron chi connectivity index (χ1n) is 2.91. The van der Waals surface area contributed by atoms with Gasteiger partial charge in [0.2, 0.25) is 0 Å². The second-order valence-corrected chi connectivity index (χ2v) is 3.12. The fraction of sp³-hybridized carbons (Fsp3) is 0. The van der Waals surface area contributed by atoms with Crippen LogP contribution < -0.4 is 0 Å². The van der Waals surface area contributed by atoms with Gasteiger partial charge in [-0.15, -0.1) is 0 Å². The Labute approximate surface area is 66.0 Å². The quantitative estimate of drug-likeness (QED) is 0.532. The second kappa shape index (κ2) is 3.39. The van der Waals surface area contributed by atoms with Gasteiger partial charge < -0.3 is 0 Å². The van der Waals surface area contributed by atoms with E-state index in [4.69, 9.17) is 5.41 Å². The predicted molar refractivity (Wildman–Crippen MR) is 41.6 cm³/mol. The van der Waals surface area contributed by atoms with Crippen LogP contribution in [0.3, 0.4) is 0 Å². The van der Waals surface area contributed by atoms with E-state index < -0.39 is 16.6 Å². The van der Waals surface area contributed by atoms with E-state index in [1.165, 1.54) is 18.2 Å². The molecule has 0 fully saturated rings. The smallest absolute Gasteiger partial charge is 0.139 e. The SMILES string of the molecule is N=CS(=O)c1ccccc1F. The van der Waals surface area contributed by atoms with E-state index in [9.17, 15) is 8.60 Å². The highest BCUT2D eigenvalue weighted by molar-refractivity contribution is 7.98. The topological polar surface area (TPSA) is 40.9 Å². The molecule has 0 aromatic heterocycles. The summed E-state index contributed by atoms with van der Waals surface area (Å²) in [7, 11) is -1.64. The van der Waals surface area contributed by atoms with E-state index in [-0.39, 0.29) is 4.90 Å². The van der Waals surface area contributed by atoms with Gasteiger partial charge in [0.05, 0.1) is 21.2 Å². The average Bonchev–Trinajstić information content (AvgIpc) is 2.04. The highest BCUT2D eigenvalue weighted by Crippen LogP contribution is 2.09. The molecule has 0 bridgehead atoms. The summed E-state index contributed by atoms with van der Waals surface area (Å²) in [4.78, 5) is 0.0579. The molecule has 1 aromatic carbocycles. The first kappa shape index (κ1) is 8.07. The van der Waals surface area contributed by atoms with Crippen LogP contribution in [0.4, 0.5) is 4.39 Å². The van der Waals surface area contributed by atoms with Crippen molar-refractivity contribution in [1.29, 1.82) is 5.41 Å². The summed E-state index contributed by atoms with van der Waals surface area (Å²) in [5.74, 6) is -0.533. The van der Waals surface area contributed by atoms with Crippen LogP contribution in [0, 0.1) is 11.2 Å². The zero-order chi connectivity index (χ0) is 8.27. The molecule has 0 spiro atoms. The molecule has 1 unspecified atom stereocenters. The number of hydrogen-bond donors (Lipinski definition) is 1. The summed E-state index contributed by atoms with van der Waals surface area (Å²) < 4.78 is 23.6. The Morgan fingerprint density at radius 1 is 1.45 bits per heavy atom. The average molecular weight is 171 g/mol. The molecule has 0 saturated carbocycles. The highest BCUT2D eigenvalue weighted by atomic mass is 32.2. The van der Waals surface area contributed by atoms with Crippen molar-refractivity contribution in [3.8, 4) is 0 Å². The molecule has 2 nitrogen and oxygen atoms in total. The first-order chi connectivity index (χ1) is 5.25. The van der Waals surface area contributed by atoms with E-state index in [2.05, 4.69) is 0 Å². The molecule has 0 aliphatic rings. The van der Waals surface area contributed by atoms with Gasteiger partial charge in [-0.2, -0.15) is 0 Å². The van der Waals surface area contributed by atoms with Gasteiger partial charge in [0.15, 0.2) is 0 Å². The Morgan fingerprint density at radius 2 is 2.09 bits per heavy atom. The molecule has 1 aromatic rings. The van der Waals surface area contributed by atoms with Crippen LogP contribution >= 0.6 is 0 Å². The predicted octanol–water partition coefficient (Wildman–Crippen LogP) is 1.54. The standard InChI is InChI=1S/C7H6FNOS/c8-6-3-1-2-4-7(6)11(10)5-9/h1-5,9H. The van der Waals surface area contributed by atoms with E-state index in [1.54, 1.807) is 6.07 Å². The van der Waals surface area contributed by atoms with E-state index in [0.29, 0.717) is 5.55 Å². The molecule has 1 N–H and O–H groups in total. The number of nitrogens with one attached hydrogen (secondary N) is 1. The van der Waals surface area contributed by atoms with E-state index in [1.807, 2.05) is 0 Å². The van der Waals surface area contributed by atoms with Crippen LogP contribution in [0.15, 0.2) is 29.2 Å². The summed E-state index contributed by atoms with van der Waals surface area (Å²) in [6.07, 6.45) is 0. The monoisotopic (exact) mass is 171 g/mol. The maximum absolute atomic E-state index is 12.7. The minimum Gasteiger partial charge on any atom is -0.299 e. The third-order valence-electron chi connectivity index (χ3n) is 1.16. The number of hydrogen-bond acceptors (Lipinski definition) is 2. The Hall–Kier alpha value is -1.03. The molecule has 4 heteroatoms. The van der Waals surface area contributed by atoms with Gasteiger partial charge in [-0.3, -0.25) is 5.41 Å². The van der Waals surface area contributed by atoms with Gasteiger partial charge in [0, 0.05) is 0 Å². The summed E-state index contributed by atoms with van der Waals surface area (Å²) in [5.41, 5.74) is 0.707. The molecule has 0 amide bonds. The van der Waals surface area contributed by atoms with Crippen molar-refractivity contribution in [2.24, 2.45) is 0 Å². The van der Waals surface area contributed by atoms with Crippen LogP contribution in [-0.2, 0) is 10.8 Å². The van der Waals surface area contributed by atoms with Crippen LogP contribution in [0.2, 0.25) is 0 Å². The third-order valence-corrected chi connectivity index (χ3v) is 2.14. The maximum Gasteiger partial charge on any atom is 0.139 e. The molecule has 0 radical (unpaired) electrons. The number of halogens is 1. The van der Waals surface area contributed by atoms with Gasteiger partial charge in [0.25, 0.3) is 0 Å². The molecular formula is C7H6FNOS. The molecular weight excluding hydrogens is 165 g/mol. The van der Waals surface area contributed by atoms with Gasteiger partial charge in [-0.25, -0.2) is 8.60 Å². The lowest BCUT2D eigenvalue weighted by atomic mass is 10.4. The summed E-state index contributed by atoms with van der Waals surface area (Å²) in [5, 5.41) is 6.65. The van der Waals surface area contributed by atoms with E-state index in [0.717, 1.165) is 0 Å². The lowest BCUT2D eigenvalue weighted by Crippen LogP contribution is -1.94. The Balaban J connectivity index is 3.13. The summed E-state index contributed by atoms with van der Waals surface area (Å²) in [6.45, 7) is 0. The van der Waals surface area contributed by atoms with E-state index >= 15 is 0 Å². The minimum atomic E-state index is -1.64. The van der Waals surface area contributed by atoms with Crippen LogP contribution in [0.5, 0.6) is 0 Å². The first-order valence-corrected chi connectivity index (χ1v) is 4.12. The van der Waals surface area contributed by atoms with Crippen LogP contribution in [0.25, 0.3) is 0 Å². The van der Waals surface area contributed by atoms with Gasteiger partial charge >= 0.3 is 0 Å². The fourth-order valence-corrected chi connectivity index (χ4v) is 1.27. The molecule has 0 heterocycles. The van der Waals surface area contributed by atoms with Crippen molar-refractivity contribution >= 4 is 16.3 Å². The van der Waals surface area contributed by atoms with Crippen LogP contribution in [0.1, 0.15) is 0 Å². The zero-order valence-corrected chi connectivity index (χ0v) is 6.40. The molecule has 0 aliphatic carbocycles. The van der Waals surface area contributed by atoms with Crippen molar-refractivity contribution in [3.63, 3.8) is 0 Å². The Morgan fingerprint density at radius 3 is 2.64 bits per heavy atom. The molecule has 1 rings (SSSR count). The van der Waals surface area contributed by atoms with Crippen LogP contribution in [-0.4, -0.2) is 9.76 Å². The van der Waals surface area contributed by atoms with Gasteiger partial charge in [-0.1, -0.05) is 12.1 Å². The maximum atomic E-state index is 12.7. The highest BCUT2D eigenvalue weighted by Gasteiger charge is 2.04. The lowest BCUT2D eigenvalue weighted by Gasteiger charge is -1.95. The summed E-state index contributed by atoms with van der Waals surface area (Å²) >= 11 is 0. The van der Waals surface area contributed by atoms with Crippen molar-refractivity contribution in [1.82, 2.24) is 0 Å². The van der Waals surface area contributed by atoms with Crippen molar-refractivity contribution in [3.05, 3.63) is 30.1 Å². The second-order valence-electron chi connectivity index (χ2n) is 1.85. The number of rotatable bonds is 2. The van der Waals surface area contributed by atoms with Gasteiger partial charge in [-0.05, 0) is 12.1 Å². The van der Waals surface area contributed by atoms with Crippen molar-refractivity contribution < 1.29 is 8.60 Å². The normalized spacial score (nSPS) is 12.5.